The van der Waals surface area contributed by atoms with Gasteiger partial charge in [0.15, 0.2) is 5.82 Å². The lowest BCUT2D eigenvalue weighted by Gasteiger charge is -2.25. The number of fused-ring (bicyclic) bond motifs is 1. The van der Waals surface area contributed by atoms with Crippen LogP contribution < -0.4 is 5.32 Å². The molecule has 0 radical (unpaired) electrons. The van der Waals surface area contributed by atoms with Gasteiger partial charge in [0, 0.05) is 6.54 Å². The number of carbonyl (C=O) groups excluding carboxylic acids is 1. The maximum atomic E-state index is 11.7. The Morgan fingerprint density at radius 3 is 2.86 bits per heavy atom. The highest BCUT2D eigenvalue weighted by molar-refractivity contribution is 5.92. The maximum absolute atomic E-state index is 11.7. The Morgan fingerprint density at radius 2 is 2.19 bits per heavy atom. The summed E-state index contributed by atoms with van der Waals surface area (Å²) < 4.78 is 6.51. The summed E-state index contributed by atoms with van der Waals surface area (Å²) in [7, 11) is 1.35. The van der Waals surface area contributed by atoms with Gasteiger partial charge in [-0.25, -0.2) is 9.48 Å². The molecular weight excluding hydrogens is 268 g/mol. The van der Waals surface area contributed by atoms with E-state index in [0.29, 0.717) is 5.82 Å². The summed E-state index contributed by atoms with van der Waals surface area (Å²) in [5, 5.41) is 11.3. The summed E-state index contributed by atoms with van der Waals surface area (Å²) in [5.74, 6) is 0.170. The largest absolute Gasteiger partial charge is 0.464 e. The molecule has 1 aromatic carbocycles. The van der Waals surface area contributed by atoms with Crippen molar-refractivity contribution >= 4 is 11.8 Å². The van der Waals surface area contributed by atoms with Crippen LogP contribution in [0.25, 0.3) is 0 Å². The highest BCUT2D eigenvalue weighted by atomic mass is 16.5. The Bertz CT molecular complexity index is 648. The van der Waals surface area contributed by atoms with Crippen molar-refractivity contribution in [2.75, 3.05) is 19.0 Å². The molecule has 0 bridgehead atoms. The molecule has 6 nitrogen and oxygen atoms in total. The molecule has 3 rings (SSSR count). The molecular formula is C15H18N4O2. The van der Waals surface area contributed by atoms with Crippen LogP contribution in [-0.2, 0) is 11.2 Å². The minimum Gasteiger partial charge on any atom is -0.464 e. The third-order valence-electron chi connectivity index (χ3n) is 3.85. The molecule has 1 aromatic heterocycles. The average Bonchev–Trinajstić information content (AvgIpc) is 2.98. The zero-order valence-electron chi connectivity index (χ0n) is 12.2. The fourth-order valence-electron chi connectivity index (χ4n) is 2.64. The molecule has 1 atom stereocenters. The van der Waals surface area contributed by atoms with Crippen LogP contribution in [0.3, 0.4) is 0 Å². The number of ether oxygens (including phenoxy) is 1. The molecule has 0 fully saturated rings. The van der Waals surface area contributed by atoms with E-state index in [4.69, 9.17) is 4.74 Å². The highest BCUT2D eigenvalue weighted by Gasteiger charge is 2.28. The summed E-state index contributed by atoms with van der Waals surface area (Å²) in [4.78, 5) is 11.7. The van der Waals surface area contributed by atoms with Gasteiger partial charge >= 0.3 is 5.97 Å². The van der Waals surface area contributed by atoms with Crippen LogP contribution in [0.2, 0.25) is 0 Å². The first-order valence-electron chi connectivity index (χ1n) is 7.10. The molecule has 0 amide bonds. The number of anilines is 1. The summed E-state index contributed by atoms with van der Waals surface area (Å²) in [5.41, 5.74) is 2.73. The third-order valence-corrected chi connectivity index (χ3v) is 3.85. The van der Waals surface area contributed by atoms with Gasteiger partial charge in [0.1, 0.15) is 0 Å². The molecule has 1 unspecified atom stereocenters. The van der Waals surface area contributed by atoms with Crippen molar-refractivity contribution in [3.8, 4) is 0 Å². The quantitative estimate of drug-likeness (QED) is 0.874. The Morgan fingerprint density at radius 1 is 1.43 bits per heavy atom. The standard InChI is InChI=1S/C15H18N4O2/c1-3-10-4-6-11(7-5-10)12-8-9-16-14-13(15(20)21-2)17-18-19(12)14/h4-7,12,16H,3,8-9H2,1-2H3. The number of carbonyl (C=O) groups is 1. The monoisotopic (exact) mass is 286 g/mol. The molecule has 21 heavy (non-hydrogen) atoms. The molecule has 6 heteroatoms. The van der Waals surface area contributed by atoms with Crippen LogP contribution in [0.15, 0.2) is 24.3 Å². The van der Waals surface area contributed by atoms with E-state index in [1.54, 1.807) is 4.68 Å². The van der Waals surface area contributed by atoms with Crippen LogP contribution in [0.1, 0.15) is 41.0 Å². The van der Waals surface area contributed by atoms with E-state index in [-0.39, 0.29) is 11.7 Å². The summed E-state index contributed by atoms with van der Waals surface area (Å²) >= 11 is 0. The third kappa shape index (κ3) is 2.37. The average molecular weight is 286 g/mol. The number of esters is 1. The summed E-state index contributed by atoms with van der Waals surface area (Å²) in [6, 6.07) is 8.61. The predicted molar refractivity (Wildman–Crippen MR) is 78.4 cm³/mol. The fourth-order valence-corrected chi connectivity index (χ4v) is 2.64. The predicted octanol–water partition coefficient (Wildman–Crippen LogP) is 2.03. The lowest BCUT2D eigenvalue weighted by Crippen LogP contribution is -2.25. The van der Waals surface area contributed by atoms with Crippen LogP contribution in [0.5, 0.6) is 0 Å². The summed E-state index contributed by atoms with van der Waals surface area (Å²) in [6.45, 7) is 2.91. The van der Waals surface area contributed by atoms with Crippen LogP contribution in [0, 0.1) is 0 Å². The molecule has 0 saturated heterocycles. The van der Waals surface area contributed by atoms with Crippen molar-refractivity contribution in [2.45, 2.75) is 25.8 Å². The van der Waals surface area contributed by atoms with Crippen LogP contribution in [-0.4, -0.2) is 34.6 Å². The van der Waals surface area contributed by atoms with Gasteiger partial charge in [-0.2, -0.15) is 0 Å². The van der Waals surface area contributed by atoms with Crippen molar-refractivity contribution in [3.63, 3.8) is 0 Å². The van der Waals surface area contributed by atoms with Crippen molar-refractivity contribution in [1.29, 1.82) is 0 Å². The number of rotatable bonds is 3. The van der Waals surface area contributed by atoms with Crippen molar-refractivity contribution in [3.05, 3.63) is 41.1 Å². The van der Waals surface area contributed by atoms with Crippen molar-refractivity contribution < 1.29 is 9.53 Å². The number of hydrogen-bond donors (Lipinski definition) is 1. The molecule has 0 saturated carbocycles. The highest BCUT2D eigenvalue weighted by Crippen LogP contribution is 2.30. The number of nitrogens with one attached hydrogen (secondary N) is 1. The number of methoxy groups -OCH3 is 1. The van der Waals surface area contributed by atoms with Crippen LogP contribution in [0.4, 0.5) is 5.82 Å². The first-order chi connectivity index (χ1) is 10.2. The fraction of sp³-hybridized carbons (Fsp3) is 0.400. The zero-order chi connectivity index (χ0) is 14.8. The van der Waals surface area contributed by atoms with E-state index in [1.165, 1.54) is 18.2 Å². The number of aryl methyl sites for hydroxylation is 1. The second kappa shape index (κ2) is 5.55. The molecule has 1 aliphatic rings. The number of benzene rings is 1. The van der Waals surface area contributed by atoms with Gasteiger partial charge in [-0.05, 0) is 24.0 Å². The molecule has 0 spiro atoms. The van der Waals surface area contributed by atoms with E-state index in [1.807, 2.05) is 0 Å². The molecule has 2 heterocycles. The van der Waals surface area contributed by atoms with Gasteiger partial charge in [-0.3, -0.25) is 0 Å². The van der Waals surface area contributed by atoms with Gasteiger partial charge in [0.2, 0.25) is 5.69 Å². The first kappa shape index (κ1) is 13.6. The Balaban J connectivity index is 1.96. The van der Waals surface area contributed by atoms with E-state index in [0.717, 1.165) is 19.4 Å². The van der Waals surface area contributed by atoms with Gasteiger partial charge in [0.05, 0.1) is 13.2 Å². The van der Waals surface area contributed by atoms with Gasteiger partial charge in [0.25, 0.3) is 0 Å². The normalized spacial score (nSPS) is 17.0. The van der Waals surface area contributed by atoms with Gasteiger partial charge in [-0.1, -0.05) is 36.4 Å². The smallest absolute Gasteiger partial charge is 0.362 e. The minimum absolute atomic E-state index is 0.0954. The van der Waals surface area contributed by atoms with Crippen LogP contribution >= 0.6 is 0 Å². The van der Waals surface area contributed by atoms with Gasteiger partial charge in [-0.15, -0.1) is 5.10 Å². The zero-order valence-corrected chi connectivity index (χ0v) is 12.2. The lowest BCUT2D eigenvalue weighted by atomic mass is 10.0. The lowest BCUT2D eigenvalue weighted by molar-refractivity contribution is 0.0595. The Kier molecular flexibility index (Phi) is 3.60. The molecule has 1 N–H and O–H groups in total. The van der Waals surface area contributed by atoms with E-state index < -0.39 is 5.97 Å². The van der Waals surface area contributed by atoms with Crippen molar-refractivity contribution in [2.24, 2.45) is 0 Å². The topological polar surface area (TPSA) is 69.0 Å². The molecule has 1 aliphatic heterocycles. The Hall–Kier alpha value is -2.37. The SMILES string of the molecule is CCc1ccc(C2CCNc3c(C(=O)OC)nnn32)cc1. The second-order valence-corrected chi connectivity index (χ2v) is 5.05. The summed E-state index contributed by atoms with van der Waals surface area (Å²) in [6.07, 6.45) is 1.93. The second-order valence-electron chi connectivity index (χ2n) is 5.05. The maximum Gasteiger partial charge on any atom is 0.362 e. The number of hydrogen-bond acceptors (Lipinski definition) is 5. The molecule has 110 valence electrons. The van der Waals surface area contributed by atoms with E-state index >= 15 is 0 Å². The van der Waals surface area contributed by atoms with E-state index in [9.17, 15) is 4.79 Å². The van der Waals surface area contributed by atoms with Crippen molar-refractivity contribution in [1.82, 2.24) is 15.0 Å². The van der Waals surface area contributed by atoms with E-state index in [2.05, 4.69) is 46.8 Å². The number of aromatic nitrogens is 3. The molecule has 0 aliphatic carbocycles. The molecule has 2 aromatic rings. The minimum atomic E-state index is -0.467. The first-order valence-corrected chi connectivity index (χ1v) is 7.10. The Labute approximate surface area is 123 Å². The van der Waals surface area contributed by atoms with Gasteiger partial charge < -0.3 is 10.1 Å². The number of nitrogens with zero attached hydrogens (tertiary/aromatic N) is 3.